The summed E-state index contributed by atoms with van der Waals surface area (Å²) < 4.78 is 0. The quantitative estimate of drug-likeness (QED) is 0.681. The molecule has 1 aromatic carbocycles. The van der Waals surface area contributed by atoms with Gasteiger partial charge >= 0.3 is 5.97 Å². The van der Waals surface area contributed by atoms with Crippen molar-refractivity contribution in [1.82, 2.24) is 0 Å². The van der Waals surface area contributed by atoms with Crippen molar-refractivity contribution in [2.45, 2.75) is 0 Å². The summed E-state index contributed by atoms with van der Waals surface area (Å²) in [6.07, 6.45) is 0. The number of carboxylic acids is 1. The maximum Gasteiger partial charge on any atom is 0.337 e. The number of para-hydroxylation sites is 1. The first kappa shape index (κ1) is 9.07. The van der Waals surface area contributed by atoms with E-state index >= 15 is 0 Å². The molecule has 0 aliphatic rings. The Kier molecular flexibility index (Phi) is 2.87. The number of nitrogens with zero attached hydrogens (tertiary/aromatic N) is 1. The molecule has 0 saturated heterocycles. The summed E-state index contributed by atoms with van der Waals surface area (Å²) >= 11 is 0. The van der Waals surface area contributed by atoms with Gasteiger partial charge in [-0.25, -0.2) is 4.79 Å². The van der Waals surface area contributed by atoms with Crippen molar-refractivity contribution in [1.29, 1.82) is 5.26 Å². The largest absolute Gasteiger partial charge is 0.478 e. The highest BCUT2D eigenvalue weighted by Crippen LogP contribution is 2.13. The Morgan fingerprint density at radius 3 is 2.85 bits per heavy atom. The normalized spacial score (nSPS) is 8.85. The minimum Gasteiger partial charge on any atom is -0.478 e. The van der Waals surface area contributed by atoms with E-state index in [1.54, 1.807) is 18.2 Å². The molecule has 0 unspecified atom stereocenters. The van der Waals surface area contributed by atoms with Gasteiger partial charge in [0.2, 0.25) is 0 Å². The van der Waals surface area contributed by atoms with Crippen LogP contribution in [-0.2, 0) is 0 Å². The number of nitriles is 1. The van der Waals surface area contributed by atoms with E-state index in [2.05, 4.69) is 5.32 Å². The highest BCUT2D eigenvalue weighted by Gasteiger charge is 2.07. The van der Waals surface area contributed by atoms with E-state index in [9.17, 15) is 4.79 Å². The molecule has 4 nitrogen and oxygen atoms in total. The van der Waals surface area contributed by atoms with E-state index in [1.807, 2.05) is 6.07 Å². The van der Waals surface area contributed by atoms with Gasteiger partial charge in [-0.15, -0.1) is 0 Å². The van der Waals surface area contributed by atoms with Gasteiger partial charge < -0.3 is 10.4 Å². The van der Waals surface area contributed by atoms with Gasteiger partial charge in [-0.1, -0.05) is 12.1 Å². The van der Waals surface area contributed by atoms with Gasteiger partial charge in [0.25, 0.3) is 0 Å². The van der Waals surface area contributed by atoms with Crippen molar-refractivity contribution in [2.75, 3.05) is 11.9 Å². The van der Waals surface area contributed by atoms with Crippen molar-refractivity contribution < 1.29 is 9.90 Å². The fourth-order valence-corrected chi connectivity index (χ4v) is 0.959. The molecular weight excluding hydrogens is 168 g/mol. The fourth-order valence-electron chi connectivity index (χ4n) is 0.959. The third-order valence-corrected chi connectivity index (χ3v) is 1.52. The molecule has 1 aromatic rings. The van der Waals surface area contributed by atoms with E-state index in [4.69, 9.17) is 10.4 Å². The molecule has 0 fully saturated rings. The van der Waals surface area contributed by atoms with E-state index in [-0.39, 0.29) is 12.1 Å². The molecule has 1 rings (SSSR count). The first-order chi connectivity index (χ1) is 6.25. The molecule has 0 heterocycles. The molecule has 0 radical (unpaired) electrons. The Labute approximate surface area is 75.4 Å². The lowest BCUT2D eigenvalue weighted by Crippen LogP contribution is -2.05. The minimum absolute atomic E-state index is 0.101. The van der Waals surface area contributed by atoms with Crippen LogP contribution in [0.25, 0.3) is 0 Å². The molecule has 0 aliphatic heterocycles. The van der Waals surface area contributed by atoms with E-state index in [1.165, 1.54) is 6.07 Å². The van der Waals surface area contributed by atoms with Gasteiger partial charge in [-0.3, -0.25) is 0 Å². The lowest BCUT2D eigenvalue weighted by molar-refractivity contribution is 0.0698. The predicted molar refractivity (Wildman–Crippen MR) is 47.5 cm³/mol. The topological polar surface area (TPSA) is 73.1 Å². The molecule has 0 bridgehead atoms. The smallest absolute Gasteiger partial charge is 0.337 e. The number of rotatable bonds is 3. The third kappa shape index (κ3) is 2.20. The SMILES string of the molecule is N#CCNc1ccccc1C(=O)O. The molecule has 4 heteroatoms. The summed E-state index contributed by atoms with van der Waals surface area (Å²) in [5.41, 5.74) is 0.648. The molecule has 13 heavy (non-hydrogen) atoms. The van der Waals surface area contributed by atoms with Gasteiger partial charge in [0.1, 0.15) is 6.54 Å². The van der Waals surface area contributed by atoms with Crippen LogP contribution in [0.2, 0.25) is 0 Å². The van der Waals surface area contributed by atoms with Crippen LogP contribution >= 0.6 is 0 Å². The summed E-state index contributed by atoms with van der Waals surface area (Å²) in [5.74, 6) is -0.999. The number of carboxylic acid groups (broad SMARTS) is 1. The summed E-state index contributed by atoms with van der Waals surface area (Å²) in [6, 6.07) is 8.35. The van der Waals surface area contributed by atoms with Gasteiger partial charge in [0, 0.05) is 5.69 Å². The van der Waals surface area contributed by atoms with E-state index < -0.39 is 5.97 Å². The summed E-state index contributed by atoms with van der Waals surface area (Å²) in [6.45, 7) is 0.101. The first-order valence-corrected chi connectivity index (χ1v) is 3.69. The number of benzene rings is 1. The second-order valence-electron chi connectivity index (χ2n) is 2.36. The minimum atomic E-state index is -0.999. The van der Waals surface area contributed by atoms with Gasteiger partial charge in [0.15, 0.2) is 0 Å². The summed E-state index contributed by atoms with van der Waals surface area (Å²) in [7, 11) is 0. The van der Waals surface area contributed by atoms with Gasteiger partial charge in [0.05, 0.1) is 11.6 Å². The predicted octanol–water partition coefficient (Wildman–Crippen LogP) is 1.32. The van der Waals surface area contributed by atoms with Crippen LogP contribution in [0.1, 0.15) is 10.4 Å². The zero-order valence-electron chi connectivity index (χ0n) is 6.82. The van der Waals surface area contributed by atoms with E-state index in [0.29, 0.717) is 5.69 Å². The Morgan fingerprint density at radius 1 is 1.54 bits per heavy atom. The Morgan fingerprint density at radius 2 is 2.23 bits per heavy atom. The van der Waals surface area contributed by atoms with Gasteiger partial charge in [-0.2, -0.15) is 5.26 Å². The molecule has 0 atom stereocenters. The van der Waals surface area contributed by atoms with Crippen LogP contribution < -0.4 is 5.32 Å². The second kappa shape index (κ2) is 4.12. The molecular formula is C9H8N2O2. The molecule has 0 amide bonds. The summed E-state index contributed by atoms with van der Waals surface area (Å²) in [5, 5.41) is 19.7. The Hall–Kier alpha value is -2.02. The number of carbonyl (C=O) groups is 1. The van der Waals surface area contributed by atoms with Crippen molar-refractivity contribution in [3.05, 3.63) is 29.8 Å². The van der Waals surface area contributed by atoms with Crippen LogP contribution in [0.3, 0.4) is 0 Å². The number of hydrogen-bond donors (Lipinski definition) is 2. The van der Waals surface area contributed by atoms with Crippen LogP contribution in [0.15, 0.2) is 24.3 Å². The Bertz CT molecular complexity index is 355. The number of nitrogens with one attached hydrogen (secondary N) is 1. The van der Waals surface area contributed by atoms with Crippen LogP contribution in [0.4, 0.5) is 5.69 Å². The lowest BCUT2D eigenvalue weighted by Gasteiger charge is -2.04. The fraction of sp³-hybridized carbons (Fsp3) is 0.111. The molecule has 0 aromatic heterocycles. The Balaban J connectivity index is 2.92. The third-order valence-electron chi connectivity index (χ3n) is 1.52. The van der Waals surface area contributed by atoms with E-state index in [0.717, 1.165) is 0 Å². The van der Waals surface area contributed by atoms with Crippen LogP contribution in [-0.4, -0.2) is 17.6 Å². The lowest BCUT2D eigenvalue weighted by atomic mass is 10.2. The maximum absolute atomic E-state index is 10.7. The molecule has 0 aliphatic carbocycles. The molecule has 66 valence electrons. The van der Waals surface area contributed by atoms with Crippen molar-refractivity contribution in [2.24, 2.45) is 0 Å². The average molecular weight is 176 g/mol. The summed E-state index contributed by atoms with van der Waals surface area (Å²) in [4.78, 5) is 10.7. The standard InChI is InChI=1S/C9H8N2O2/c10-5-6-11-8-4-2-1-3-7(8)9(12)13/h1-4,11H,6H2,(H,12,13). The number of aromatic carboxylic acids is 1. The van der Waals surface area contributed by atoms with Crippen molar-refractivity contribution >= 4 is 11.7 Å². The van der Waals surface area contributed by atoms with Crippen LogP contribution in [0, 0.1) is 11.3 Å². The number of anilines is 1. The zero-order chi connectivity index (χ0) is 9.68. The highest BCUT2D eigenvalue weighted by atomic mass is 16.4. The molecule has 2 N–H and O–H groups in total. The molecule has 0 saturated carbocycles. The maximum atomic E-state index is 10.7. The number of hydrogen-bond acceptors (Lipinski definition) is 3. The monoisotopic (exact) mass is 176 g/mol. The van der Waals surface area contributed by atoms with Gasteiger partial charge in [-0.05, 0) is 12.1 Å². The molecule has 0 spiro atoms. The van der Waals surface area contributed by atoms with Crippen molar-refractivity contribution in [3.63, 3.8) is 0 Å². The second-order valence-corrected chi connectivity index (χ2v) is 2.36. The van der Waals surface area contributed by atoms with Crippen molar-refractivity contribution in [3.8, 4) is 6.07 Å². The first-order valence-electron chi connectivity index (χ1n) is 3.69. The van der Waals surface area contributed by atoms with Crippen LogP contribution in [0.5, 0.6) is 0 Å². The zero-order valence-corrected chi connectivity index (χ0v) is 6.82. The average Bonchev–Trinajstić information content (AvgIpc) is 2.15. The highest BCUT2D eigenvalue weighted by molar-refractivity contribution is 5.94.